The zero-order valence-electron chi connectivity index (χ0n) is 9.36. The third-order valence-electron chi connectivity index (χ3n) is 2.43. The molecular weight excluding hydrogens is 238 g/mol. The molecule has 7 nitrogen and oxygen atoms in total. The average Bonchev–Trinajstić information content (AvgIpc) is 2.71. The molecule has 1 heterocycles. The molecule has 2 rings (SSSR count). The van der Waals surface area contributed by atoms with Crippen LogP contribution in [0.15, 0.2) is 24.3 Å². The number of aromatic carboxylic acids is 2. The monoisotopic (exact) mass is 247 g/mol. The number of carbonyl (C=O) groups is 2. The van der Waals surface area contributed by atoms with Gasteiger partial charge in [0.15, 0.2) is 5.69 Å². The molecule has 18 heavy (non-hydrogen) atoms. The van der Waals surface area contributed by atoms with Crippen LogP contribution in [0.4, 0.5) is 0 Å². The normalized spacial score (nSPS) is 10.3. The van der Waals surface area contributed by atoms with Crippen LogP contribution < -0.4 is 0 Å². The minimum Gasteiger partial charge on any atom is -0.478 e. The fourth-order valence-electron chi connectivity index (χ4n) is 1.54. The smallest absolute Gasteiger partial charge is 0.358 e. The molecule has 2 N–H and O–H groups in total. The molecule has 92 valence electrons. The lowest BCUT2D eigenvalue weighted by Gasteiger charge is -2.03. The van der Waals surface area contributed by atoms with Gasteiger partial charge in [0, 0.05) is 0 Å². The number of nitrogens with zero attached hydrogens (tertiary/aromatic N) is 3. The quantitative estimate of drug-likeness (QED) is 0.837. The predicted molar refractivity (Wildman–Crippen MR) is 60.0 cm³/mol. The summed E-state index contributed by atoms with van der Waals surface area (Å²) < 4.78 is 1.29. The van der Waals surface area contributed by atoms with Crippen molar-refractivity contribution in [2.75, 3.05) is 0 Å². The average molecular weight is 247 g/mol. The number of hydrogen-bond donors (Lipinski definition) is 2. The van der Waals surface area contributed by atoms with E-state index < -0.39 is 11.9 Å². The van der Waals surface area contributed by atoms with Crippen LogP contribution in [0.5, 0.6) is 0 Å². The fourth-order valence-corrected chi connectivity index (χ4v) is 1.54. The molecule has 0 atom stereocenters. The van der Waals surface area contributed by atoms with Gasteiger partial charge in [0.05, 0.1) is 16.9 Å². The maximum absolute atomic E-state index is 10.8. The van der Waals surface area contributed by atoms with Crippen molar-refractivity contribution in [1.29, 1.82) is 0 Å². The molecule has 2 aromatic rings. The van der Waals surface area contributed by atoms with Crippen LogP contribution in [-0.2, 0) is 0 Å². The number of benzene rings is 1. The summed E-state index contributed by atoms with van der Waals surface area (Å²) >= 11 is 0. The van der Waals surface area contributed by atoms with E-state index in [-0.39, 0.29) is 11.3 Å². The Kier molecular flexibility index (Phi) is 2.80. The Balaban J connectivity index is 2.52. The third kappa shape index (κ3) is 1.93. The second-order valence-electron chi connectivity index (χ2n) is 3.60. The summed E-state index contributed by atoms with van der Waals surface area (Å²) in [7, 11) is 0. The third-order valence-corrected chi connectivity index (χ3v) is 2.43. The van der Waals surface area contributed by atoms with Gasteiger partial charge in [0.2, 0.25) is 0 Å². The summed E-state index contributed by atoms with van der Waals surface area (Å²) in [5.41, 5.74) is 0.729. The van der Waals surface area contributed by atoms with Crippen molar-refractivity contribution in [2.45, 2.75) is 6.92 Å². The van der Waals surface area contributed by atoms with Gasteiger partial charge in [-0.15, -0.1) is 5.10 Å². The SMILES string of the molecule is Cc1c(C(=O)O)nnn1-c1cccc(C(=O)O)c1. The highest BCUT2D eigenvalue weighted by atomic mass is 16.4. The van der Waals surface area contributed by atoms with Crippen LogP contribution in [0.1, 0.15) is 26.5 Å². The van der Waals surface area contributed by atoms with E-state index in [1.165, 1.54) is 16.8 Å². The highest BCUT2D eigenvalue weighted by Gasteiger charge is 2.16. The molecule has 0 spiro atoms. The number of rotatable bonds is 3. The van der Waals surface area contributed by atoms with E-state index in [0.717, 1.165) is 0 Å². The molecule has 0 radical (unpaired) electrons. The molecule has 0 unspecified atom stereocenters. The molecular formula is C11H9N3O4. The van der Waals surface area contributed by atoms with E-state index in [9.17, 15) is 9.59 Å². The lowest BCUT2D eigenvalue weighted by atomic mass is 10.2. The van der Waals surface area contributed by atoms with Gasteiger partial charge in [-0.05, 0) is 25.1 Å². The first-order valence-corrected chi connectivity index (χ1v) is 5.00. The van der Waals surface area contributed by atoms with Crippen molar-refractivity contribution < 1.29 is 19.8 Å². The lowest BCUT2D eigenvalue weighted by Crippen LogP contribution is -2.04. The molecule has 0 bridgehead atoms. The van der Waals surface area contributed by atoms with Crippen molar-refractivity contribution in [2.24, 2.45) is 0 Å². The fraction of sp³-hybridized carbons (Fsp3) is 0.0909. The van der Waals surface area contributed by atoms with E-state index >= 15 is 0 Å². The van der Waals surface area contributed by atoms with Crippen molar-refractivity contribution >= 4 is 11.9 Å². The van der Waals surface area contributed by atoms with Gasteiger partial charge in [-0.1, -0.05) is 11.3 Å². The molecule has 0 fully saturated rings. The van der Waals surface area contributed by atoms with E-state index in [0.29, 0.717) is 11.4 Å². The van der Waals surface area contributed by atoms with Crippen molar-refractivity contribution in [3.8, 4) is 5.69 Å². The molecule has 1 aromatic carbocycles. The first-order valence-electron chi connectivity index (χ1n) is 5.00. The first-order chi connectivity index (χ1) is 8.50. The minimum atomic E-state index is -1.17. The Morgan fingerprint density at radius 1 is 1.22 bits per heavy atom. The van der Waals surface area contributed by atoms with Crippen LogP contribution >= 0.6 is 0 Å². The Hall–Kier alpha value is -2.70. The molecule has 0 saturated carbocycles. The Bertz CT molecular complexity index is 633. The molecule has 1 aromatic heterocycles. The Labute approximate surface area is 101 Å². The van der Waals surface area contributed by atoms with Crippen molar-refractivity contribution in [1.82, 2.24) is 15.0 Å². The number of carboxylic acid groups (broad SMARTS) is 2. The van der Waals surface area contributed by atoms with Crippen molar-refractivity contribution in [3.05, 3.63) is 41.2 Å². The molecule has 0 aliphatic carbocycles. The largest absolute Gasteiger partial charge is 0.478 e. The number of aromatic nitrogens is 3. The second-order valence-corrected chi connectivity index (χ2v) is 3.60. The standard InChI is InChI=1S/C11H9N3O4/c1-6-9(11(17)18)12-13-14(6)8-4-2-3-7(5-8)10(15)16/h2-5H,1H3,(H,15,16)(H,17,18). The second kappa shape index (κ2) is 4.28. The highest BCUT2D eigenvalue weighted by molar-refractivity contribution is 5.88. The van der Waals surface area contributed by atoms with Gasteiger partial charge in [0.25, 0.3) is 0 Å². The van der Waals surface area contributed by atoms with Gasteiger partial charge >= 0.3 is 11.9 Å². The summed E-state index contributed by atoms with van der Waals surface area (Å²) in [6.45, 7) is 1.55. The number of hydrogen-bond acceptors (Lipinski definition) is 4. The topological polar surface area (TPSA) is 105 Å². The van der Waals surface area contributed by atoms with Gasteiger partial charge < -0.3 is 10.2 Å². The summed E-state index contributed by atoms with van der Waals surface area (Å²) in [5, 5.41) is 25.0. The van der Waals surface area contributed by atoms with Gasteiger partial charge in [-0.3, -0.25) is 0 Å². The number of carboxylic acids is 2. The van der Waals surface area contributed by atoms with Crippen LogP contribution in [0.3, 0.4) is 0 Å². The van der Waals surface area contributed by atoms with E-state index in [1.807, 2.05) is 0 Å². The molecule has 0 aliphatic heterocycles. The summed E-state index contributed by atoms with van der Waals surface area (Å²) in [6.07, 6.45) is 0. The van der Waals surface area contributed by atoms with Gasteiger partial charge in [0.1, 0.15) is 0 Å². The van der Waals surface area contributed by atoms with Crippen LogP contribution in [0.2, 0.25) is 0 Å². The molecule has 7 heteroatoms. The Morgan fingerprint density at radius 3 is 2.50 bits per heavy atom. The highest BCUT2D eigenvalue weighted by Crippen LogP contribution is 2.14. The summed E-state index contributed by atoms with van der Waals surface area (Å²) in [6, 6.07) is 6.02. The van der Waals surface area contributed by atoms with Crippen LogP contribution in [0, 0.1) is 6.92 Å². The first kappa shape index (κ1) is 11.8. The zero-order valence-corrected chi connectivity index (χ0v) is 9.36. The summed E-state index contributed by atoms with van der Waals surface area (Å²) in [4.78, 5) is 21.7. The molecule has 0 amide bonds. The molecule has 0 saturated heterocycles. The predicted octanol–water partition coefficient (Wildman–Crippen LogP) is 0.972. The van der Waals surface area contributed by atoms with E-state index in [2.05, 4.69) is 10.3 Å². The minimum absolute atomic E-state index is 0.0966. The van der Waals surface area contributed by atoms with Crippen LogP contribution in [-0.4, -0.2) is 37.1 Å². The van der Waals surface area contributed by atoms with Gasteiger partial charge in [-0.2, -0.15) is 0 Å². The summed E-state index contributed by atoms with van der Waals surface area (Å²) in [5.74, 6) is -2.23. The van der Waals surface area contributed by atoms with Gasteiger partial charge in [-0.25, -0.2) is 14.3 Å². The van der Waals surface area contributed by atoms with E-state index in [4.69, 9.17) is 10.2 Å². The van der Waals surface area contributed by atoms with Crippen LogP contribution in [0.25, 0.3) is 5.69 Å². The lowest BCUT2D eigenvalue weighted by molar-refractivity contribution is 0.0681. The maximum Gasteiger partial charge on any atom is 0.358 e. The maximum atomic E-state index is 10.8. The van der Waals surface area contributed by atoms with E-state index in [1.54, 1.807) is 19.1 Å². The van der Waals surface area contributed by atoms with Crippen molar-refractivity contribution in [3.63, 3.8) is 0 Å². The molecule has 0 aliphatic rings. The Morgan fingerprint density at radius 2 is 1.94 bits per heavy atom. The zero-order chi connectivity index (χ0) is 13.3.